The molecule has 2 aromatic carbocycles. The number of likely N-dealkylation sites (N-methyl/N-ethyl adjacent to an activating group) is 1. The normalized spacial score (nSPS) is 21.8. The van der Waals surface area contributed by atoms with Gasteiger partial charge in [-0.1, -0.05) is 48.2 Å². The van der Waals surface area contributed by atoms with Gasteiger partial charge in [0.1, 0.15) is 10.4 Å². The largest absolute Gasteiger partial charge is 0.545 e. The van der Waals surface area contributed by atoms with Crippen molar-refractivity contribution >= 4 is 57.8 Å². The van der Waals surface area contributed by atoms with Gasteiger partial charge >= 0.3 is 0 Å². The van der Waals surface area contributed by atoms with Crippen LogP contribution in [-0.4, -0.2) is 65.4 Å². The van der Waals surface area contributed by atoms with Crippen molar-refractivity contribution in [1.29, 1.82) is 0 Å². The lowest BCUT2D eigenvalue weighted by molar-refractivity contribution is -0.255. The van der Waals surface area contributed by atoms with Crippen LogP contribution in [0.2, 0.25) is 0 Å². The monoisotopic (exact) mass is 512 g/mol. The zero-order chi connectivity index (χ0) is 25.4. The van der Waals surface area contributed by atoms with Gasteiger partial charge in [-0.2, -0.15) is 0 Å². The summed E-state index contributed by atoms with van der Waals surface area (Å²) in [4.78, 5) is 40.3. The predicted octanol–water partition coefficient (Wildman–Crippen LogP) is 1.92. The fraction of sp³-hybridized carbons (Fsp3) is 0.250. The maximum atomic E-state index is 13.5. The number of aromatic carboxylic acids is 1. The summed E-state index contributed by atoms with van der Waals surface area (Å²) in [6.07, 6.45) is 1.41. The minimum absolute atomic E-state index is 0.0172. The SMILES string of the molecule is COc1ccc(/C=C2\SC(=S)N([C@@H]3C(=O)N(c4ccccc4)N(C)[C@@H]3C)C2=O)c(C(=O)[O-])c1OC. The average Bonchev–Trinajstić information content (AvgIpc) is 3.23. The third kappa shape index (κ3) is 4.15. The van der Waals surface area contributed by atoms with Crippen LogP contribution in [0.5, 0.6) is 11.5 Å². The Hall–Kier alpha value is -3.41. The molecule has 2 saturated heterocycles. The van der Waals surface area contributed by atoms with E-state index in [2.05, 4.69) is 0 Å². The van der Waals surface area contributed by atoms with E-state index in [1.54, 1.807) is 12.1 Å². The molecule has 11 heteroatoms. The van der Waals surface area contributed by atoms with Crippen molar-refractivity contribution in [3.8, 4) is 11.5 Å². The van der Waals surface area contributed by atoms with E-state index in [4.69, 9.17) is 21.7 Å². The molecule has 0 saturated carbocycles. The predicted molar refractivity (Wildman–Crippen MR) is 134 cm³/mol. The number of nitrogens with zero attached hydrogens (tertiary/aromatic N) is 3. The standard InChI is InChI=1S/C24H23N3O6S2/c1-13-19(22(29)27(25(13)2)15-8-6-5-7-9-15)26-21(28)17(35-24(26)34)12-14-10-11-16(32-3)20(33-4)18(14)23(30)31/h5-13,19H,1-4H3,(H,30,31)/p-1/b17-12-/t13-,19+/m1/s1. The van der Waals surface area contributed by atoms with Crippen LogP contribution < -0.4 is 19.6 Å². The van der Waals surface area contributed by atoms with Gasteiger partial charge in [-0.3, -0.25) is 14.5 Å². The first-order valence-corrected chi connectivity index (χ1v) is 11.8. The number of hydrogen-bond acceptors (Lipinski definition) is 9. The molecule has 0 unspecified atom stereocenters. The first kappa shape index (κ1) is 24.7. The van der Waals surface area contributed by atoms with Gasteiger partial charge in [0.15, 0.2) is 11.5 Å². The van der Waals surface area contributed by atoms with E-state index in [1.165, 1.54) is 42.3 Å². The van der Waals surface area contributed by atoms with Gasteiger partial charge in [0.25, 0.3) is 11.8 Å². The van der Waals surface area contributed by atoms with Crippen LogP contribution >= 0.6 is 24.0 Å². The Kier molecular flexibility index (Phi) is 6.84. The summed E-state index contributed by atoms with van der Waals surface area (Å²) in [6.45, 7) is 1.84. The van der Waals surface area contributed by atoms with Crippen LogP contribution in [0.3, 0.4) is 0 Å². The maximum Gasteiger partial charge on any atom is 0.266 e. The fourth-order valence-electron chi connectivity index (χ4n) is 4.21. The number of anilines is 1. The molecule has 9 nitrogen and oxygen atoms in total. The average molecular weight is 513 g/mol. The molecule has 0 N–H and O–H groups in total. The number of hydrogen-bond donors (Lipinski definition) is 0. The smallest absolute Gasteiger partial charge is 0.266 e. The second-order valence-electron chi connectivity index (χ2n) is 7.85. The number of carbonyl (C=O) groups is 3. The third-order valence-electron chi connectivity index (χ3n) is 5.99. The molecule has 35 heavy (non-hydrogen) atoms. The number of thioether (sulfide) groups is 1. The Labute approximate surface area is 211 Å². The Morgan fingerprint density at radius 1 is 1.11 bits per heavy atom. The molecule has 2 aromatic rings. The van der Waals surface area contributed by atoms with E-state index in [0.29, 0.717) is 5.69 Å². The van der Waals surface area contributed by atoms with Crippen molar-refractivity contribution in [3.05, 3.63) is 58.5 Å². The van der Waals surface area contributed by atoms with Crippen molar-refractivity contribution in [1.82, 2.24) is 9.91 Å². The third-order valence-corrected chi connectivity index (χ3v) is 7.33. The van der Waals surface area contributed by atoms with Gasteiger partial charge < -0.3 is 19.4 Å². The summed E-state index contributed by atoms with van der Waals surface area (Å²) in [6, 6.07) is 11.0. The van der Waals surface area contributed by atoms with E-state index in [-0.39, 0.29) is 43.8 Å². The number of hydrazine groups is 1. The fourth-order valence-corrected chi connectivity index (χ4v) is 5.53. The summed E-state index contributed by atoms with van der Waals surface area (Å²) >= 11 is 6.49. The van der Waals surface area contributed by atoms with Gasteiger partial charge in [0.2, 0.25) is 0 Å². The zero-order valence-corrected chi connectivity index (χ0v) is 21.0. The van der Waals surface area contributed by atoms with E-state index in [1.807, 2.05) is 37.3 Å². The lowest BCUT2D eigenvalue weighted by atomic mass is 10.0. The number of amides is 2. The van der Waals surface area contributed by atoms with Crippen LogP contribution in [-0.2, 0) is 9.59 Å². The Morgan fingerprint density at radius 3 is 2.40 bits per heavy atom. The first-order chi connectivity index (χ1) is 16.7. The number of ether oxygens (including phenoxy) is 2. The summed E-state index contributed by atoms with van der Waals surface area (Å²) in [5, 5.41) is 15.2. The summed E-state index contributed by atoms with van der Waals surface area (Å²) < 4.78 is 10.6. The molecule has 0 aromatic heterocycles. The molecule has 0 bridgehead atoms. The van der Waals surface area contributed by atoms with Crippen molar-refractivity contribution in [3.63, 3.8) is 0 Å². The molecule has 0 spiro atoms. The summed E-state index contributed by atoms with van der Waals surface area (Å²) in [5.74, 6) is -2.05. The molecule has 2 amide bonds. The highest BCUT2D eigenvalue weighted by molar-refractivity contribution is 8.26. The van der Waals surface area contributed by atoms with E-state index in [9.17, 15) is 19.5 Å². The number of thiocarbonyl (C=S) groups is 1. The second-order valence-corrected chi connectivity index (χ2v) is 9.52. The molecule has 0 aliphatic carbocycles. The van der Waals surface area contributed by atoms with E-state index in [0.717, 1.165) is 11.8 Å². The number of methoxy groups -OCH3 is 2. The van der Waals surface area contributed by atoms with Crippen LogP contribution in [0, 0.1) is 0 Å². The Bertz CT molecular complexity index is 1250. The van der Waals surface area contributed by atoms with Gasteiger partial charge in [0, 0.05) is 7.05 Å². The van der Waals surface area contributed by atoms with Crippen LogP contribution in [0.15, 0.2) is 47.4 Å². The quantitative estimate of drug-likeness (QED) is 0.424. The minimum Gasteiger partial charge on any atom is -0.545 e. The second kappa shape index (κ2) is 9.68. The molecule has 182 valence electrons. The molecule has 0 radical (unpaired) electrons. The number of carboxylic acids is 1. The summed E-state index contributed by atoms with van der Waals surface area (Å²) in [5.41, 5.74) is 0.619. The first-order valence-electron chi connectivity index (χ1n) is 10.6. The highest BCUT2D eigenvalue weighted by Crippen LogP contribution is 2.40. The van der Waals surface area contributed by atoms with E-state index >= 15 is 0 Å². The lowest BCUT2D eigenvalue weighted by Gasteiger charge is -2.26. The van der Waals surface area contributed by atoms with Crippen LogP contribution in [0.4, 0.5) is 5.69 Å². The zero-order valence-electron chi connectivity index (χ0n) is 19.4. The molecule has 4 rings (SSSR count). The van der Waals surface area contributed by atoms with Gasteiger partial charge in [-0.15, -0.1) is 0 Å². The number of carbonyl (C=O) groups excluding carboxylic acids is 3. The van der Waals surface area contributed by atoms with Crippen molar-refractivity contribution in [2.75, 3.05) is 26.3 Å². The molecule has 2 aliphatic heterocycles. The summed E-state index contributed by atoms with van der Waals surface area (Å²) in [7, 11) is 4.48. The molecule has 2 heterocycles. The number of rotatable bonds is 6. The van der Waals surface area contributed by atoms with Gasteiger partial charge in [-0.05, 0) is 36.8 Å². The number of para-hydroxylation sites is 1. The minimum atomic E-state index is -1.48. The Morgan fingerprint density at radius 2 is 1.80 bits per heavy atom. The molecule has 2 fully saturated rings. The maximum absolute atomic E-state index is 13.5. The van der Waals surface area contributed by atoms with E-state index < -0.39 is 17.9 Å². The molecule has 2 aliphatic rings. The van der Waals surface area contributed by atoms with Crippen LogP contribution in [0.1, 0.15) is 22.8 Å². The van der Waals surface area contributed by atoms with Gasteiger partial charge in [0.05, 0.1) is 42.4 Å². The molecular formula is C24H22N3O6S2-. The van der Waals surface area contributed by atoms with Gasteiger partial charge in [-0.25, -0.2) is 10.0 Å². The highest BCUT2D eigenvalue weighted by Gasteiger charge is 2.51. The van der Waals surface area contributed by atoms with Crippen molar-refractivity contribution < 1.29 is 29.0 Å². The Balaban J connectivity index is 1.71. The molecular weight excluding hydrogens is 490 g/mol. The molecule has 2 atom stereocenters. The number of benzene rings is 2. The topological polar surface area (TPSA) is 102 Å². The van der Waals surface area contributed by atoms with Crippen LogP contribution in [0.25, 0.3) is 6.08 Å². The number of carboxylic acid groups (broad SMARTS) is 1. The van der Waals surface area contributed by atoms with Crippen molar-refractivity contribution in [2.24, 2.45) is 0 Å². The highest BCUT2D eigenvalue weighted by atomic mass is 32.2. The lowest BCUT2D eigenvalue weighted by Crippen LogP contribution is -2.48. The van der Waals surface area contributed by atoms with Crippen molar-refractivity contribution in [2.45, 2.75) is 19.0 Å².